The third-order valence-corrected chi connectivity index (χ3v) is 4.00. The molecule has 4 nitrogen and oxygen atoms in total. The Morgan fingerprint density at radius 2 is 2.28 bits per heavy atom. The summed E-state index contributed by atoms with van der Waals surface area (Å²) in [6.07, 6.45) is 3.79. The Balaban J connectivity index is 1.98. The Kier molecular flexibility index (Phi) is 4.72. The van der Waals surface area contributed by atoms with Crippen molar-refractivity contribution in [3.8, 4) is 0 Å². The largest absolute Gasteiger partial charge is 0.337 e. The molecule has 1 fully saturated rings. The van der Waals surface area contributed by atoms with E-state index in [1.807, 2.05) is 24.1 Å². The van der Waals surface area contributed by atoms with E-state index >= 15 is 0 Å². The lowest BCUT2D eigenvalue weighted by molar-refractivity contribution is 0.0684. The first-order chi connectivity index (χ1) is 8.72. The highest BCUT2D eigenvalue weighted by atomic mass is 79.9. The number of nitrogens with one attached hydrogen (secondary N) is 1. The summed E-state index contributed by atoms with van der Waals surface area (Å²) in [5.74, 6) is 0.719. The molecule has 0 aliphatic carbocycles. The first-order valence-corrected chi connectivity index (χ1v) is 7.06. The van der Waals surface area contributed by atoms with E-state index in [9.17, 15) is 4.79 Å². The Morgan fingerprint density at radius 3 is 2.89 bits per heavy atom. The van der Waals surface area contributed by atoms with Crippen LogP contribution < -0.4 is 5.32 Å². The zero-order valence-electron chi connectivity index (χ0n) is 10.5. The molecule has 0 spiro atoms. The zero-order chi connectivity index (χ0) is 13.0. The van der Waals surface area contributed by atoms with Crippen LogP contribution in [0.25, 0.3) is 0 Å². The fourth-order valence-electron chi connectivity index (χ4n) is 2.32. The number of halogens is 1. The van der Waals surface area contributed by atoms with Gasteiger partial charge in [0.1, 0.15) is 5.69 Å². The van der Waals surface area contributed by atoms with Gasteiger partial charge in [-0.1, -0.05) is 0 Å². The van der Waals surface area contributed by atoms with Crippen molar-refractivity contribution in [1.82, 2.24) is 15.2 Å². The van der Waals surface area contributed by atoms with Crippen LogP contribution in [0.5, 0.6) is 0 Å². The summed E-state index contributed by atoms with van der Waals surface area (Å²) in [5, 5.41) is 3.20. The molecule has 0 aromatic carbocycles. The van der Waals surface area contributed by atoms with Gasteiger partial charge in [0.25, 0.3) is 5.91 Å². The Hall–Kier alpha value is -0.940. The molecule has 1 N–H and O–H groups in total. The van der Waals surface area contributed by atoms with E-state index in [2.05, 4.69) is 26.2 Å². The third-order valence-electron chi connectivity index (χ3n) is 3.36. The highest BCUT2D eigenvalue weighted by Crippen LogP contribution is 2.20. The molecule has 1 aromatic heterocycles. The number of carbonyl (C=O) groups excluding carboxylic acids is 1. The van der Waals surface area contributed by atoms with Gasteiger partial charge in [0.2, 0.25) is 0 Å². The average molecular weight is 312 g/mol. The van der Waals surface area contributed by atoms with Crippen LogP contribution in [0, 0.1) is 5.92 Å². The van der Waals surface area contributed by atoms with Crippen LogP contribution in [0.2, 0.25) is 0 Å². The molecule has 0 radical (unpaired) electrons. The van der Waals surface area contributed by atoms with Crippen molar-refractivity contribution in [3.05, 3.63) is 28.5 Å². The molecule has 2 rings (SSSR count). The molecule has 0 unspecified atom stereocenters. The maximum atomic E-state index is 12.3. The summed E-state index contributed by atoms with van der Waals surface area (Å²) in [4.78, 5) is 18.4. The number of nitrogens with zero attached hydrogens (tertiary/aromatic N) is 2. The van der Waals surface area contributed by atoms with Crippen molar-refractivity contribution in [3.63, 3.8) is 0 Å². The Labute approximate surface area is 116 Å². The molecule has 5 heteroatoms. The second kappa shape index (κ2) is 6.29. The lowest BCUT2D eigenvalue weighted by Gasteiger charge is -2.31. The minimum atomic E-state index is 0.0328. The molecule has 1 aliphatic heterocycles. The van der Waals surface area contributed by atoms with Gasteiger partial charge >= 0.3 is 0 Å². The van der Waals surface area contributed by atoms with Gasteiger partial charge in [-0.15, -0.1) is 0 Å². The lowest BCUT2D eigenvalue weighted by Crippen LogP contribution is -2.40. The monoisotopic (exact) mass is 311 g/mol. The van der Waals surface area contributed by atoms with Crippen molar-refractivity contribution in [2.45, 2.75) is 12.8 Å². The van der Waals surface area contributed by atoms with Gasteiger partial charge in [0.05, 0.1) is 0 Å². The molecule has 1 amide bonds. The van der Waals surface area contributed by atoms with Crippen molar-refractivity contribution in [2.75, 3.05) is 26.7 Å². The van der Waals surface area contributed by atoms with E-state index in [0.717, 1.165) is 36.9 Å². The molecule has 1 saturated heterocycles. The van der Waals surface area contributed by atoms with Gasteiger partial charge in [-0.3, -0.25) is 4.79 Å². The van der Waals surface area contributed by atoms with Crippen LogP contribution in [0.15, 0.2) is 22.8 Å². The first-order valence-electron chi connectivity index (χ1n) is 6.26. The fraction of sp³-hybridized carbons (Fsp3) is 0.538. The standard InChI is InChI=1S/C13H18BrN3O/c1-15-9-10-4-7-17(8-5-10)13(18)12-11(14)3-2-6-16-12/h2-3,6,10,15H,4-5,7-9H2,1H3. The number of pyridine rings is 1. The van der Waals surface area contributed by atoms with Crippen LogP contribution >= 0.6 is 15.9 Å². The normalized spacial score (nSPS) is 16.9. The van der Waals surface area contributed by atoms with E-state index in [-0.39, 0.29) is 5.91 Å². The Bertz CT molecular complexity index is 416. The summed E-state index contributed by atoms with van der Waals surface area (Å²) in [5.41, 5.74) is 0.518. The van der Waals surface area contributed by atoms with Gasteiger partial charge < -0.3 is 10.2 Å². The summed E-state index contributed by atoms with van der Waals surface area (Å²) >= 11 is 3.38. The topological polar surface area (TPSA) is 45.2 Å². The predicted octanol–water partition coefficient (Wildman–Crippen LogP) is 1.92. The average Bonchev–Trinajstić information content (AvgIpc) is 2.40. The van der Waals surface area contributed by atoms with E-state index in [4.69, 9.17) is 0 Å². The molecule has 0 bridgehead atoms. The fourth-order valence-corrected chi connectivity index (χ4v) is 2.75. The van der Waals surface area contributed by atoms with E-state index < -0.39 is 0 Å². The van der Waals surface area contributed by atoms with Crippen LogP contribution in [0.4, 0.5) is 0 Å². The summed E-state index contributed by atoms with van der Waals surface area (Å²) in [6.45, 7) is 2.69. The van der Waals surface area contributed by atoms with Crippen molar-refractivity contribution >= 4 is 21.8 Å². The number of amides is 1. The highest BCUT2D eigenvalue weighted by Gasteiger charge is 2.24. The quantitative estimate of drug-likeness (QED) is 0.927. The molecule has 0 atom stereocenters. The molecule has 0 saturated carbocycles. The number of likely N-dealkylation sites (tertiary alicyclic amines) is 1. The van der Waals surface area contributed by atoms with Gasteiger partial charge in [-0.2, -0.15) is 0 Å². The summed E-state index contributed by atoms with van der Waals surface area (Å²) in [7, 11) is 1.97. The summed E-state index contributed by atoms with van der Waals surface area (Å²) in [6, 6.07) is 3.67. The maximum Gasteiger partial charge on any atom is 0.273 e. The molecule has 1 aliphatic rings. The van der Waals surface area contributed by atoms with Gasteiger partial charge in [-0.25, -0.2) is 4.98 Å². The van der Waals surface area contributed by atoms with Crippen LogP contribution in [0.3, 0.4) is 0 Å². The number of rotatable bonds is 3. The SMILES string of the molecule is CNCC1CCN(C(=O)c2ncccc2Br)CC1. The van der Waals surface area contributed by atoms with Gasteiger partial charge in [0, 0.05) is 23.8 Å². The van der Waals surface area contributed by atoms with Crippen molar-refractivity contribution in [2.24, 2.45) is 5.92 Å². The van der Waals surface area contributed by atoms with Gasteiger partial charge in [0.15, 0.2) is 0 Å². The third kappa shape index (κ3) is 3.09. The highest BCUT2D eigenvalue weighted by molar-refractivity contribution is 9.10. The van der Waals surface area contributed by atoms with Gasteiger partial charge in [-0.05, 0) is 60.4 Å². The molecule has 18 heavy (non-hydrogen) atoms. The molecular formula is C13H18BrN3O. The minimum Gasteiger partial charge on any atom is -0.337 e. The number of carbonyl (C=O) groups is 1. The second-order valence-corrected chi connectivity index (χ2v) is 5.48. The molecule has 1 aromatic rings. The van der Waals surface area contributed by atoms with Crippen LogP contribution in [-0.4, -0.2) is 42.5 Å². The Morgan fingerprint density at radius 1 is 1.56 bits per heavy atom. The minimum absolute atomic E-state index is 0.0328. The maximum absolute atomic E-state index is 12.3. The molecule has 98 valence electrons. The van der Waals surface area contributed by atoms with E-state index in [0.29, 0.717) is 11.6 Å². The number of piperidine rings is 1. The van der Waals surface area contributed by atoms with E-state index in [1.165, 1.54) is 0 Å². The summed E-state index contributed by atoms with van der Waals surface area (Å²) < 4.78 is 0.771. The van der Waals surface area contributed by atoms with Crippen LogP contribution in [0.1, 0.15) is 23.3 Å². The molecular weight excluding hydrogens is 294 g/mol. The number of hydrogen-bond acceptors (Lipinski definition) is 3. The number of aromatic nitrogens is 1. The lowest BCUT2D eigenvalue weighted by atomic mass is 9.96. The smallest absolute Gasteiger partial charge is 0.273 e. The first kappa shape index (κ1) is 13.5. The number of hydrogen-bond donors (Lipinski definition) is 1. The van der Waals surface area contributed by atoms with Crippen LogP contribution in [-0.2, 0) is 0 Å². The van der Waals surface area contributed by atoms with Crippen molar-refractivity contribution < 1.29 is 4.79 Å². The predicted molar refractivity (Wildman–Crippen MR) is 74.5 cm³/mol. The van der Waals surface area contributed by atoms with E-state index in [1.54, 1.807) is 6.20 Å². The zero-order valence-corrected chi connectivity index (χ0v) is 12.1. The van der Waals surface area contributed by atoms with Crippen molar-refractivity contribution in [1.29, 1.82) is 0 Å². The second-order valence-electron chi connectivity index (χ2n) is 4.63. The molecule has 2 heterocycles.